The van der Waals surface area contributed by atoms with Crippen LogP contribution in [0.25, 0.3) is 0 Å². The first-order valence-electron chi connectivity index (χ1n) is 11.3. The van der Waals surface area contributed by atoms with E-state index in [4.69, 9.17) is 16.3 Å². The van der Waals surface area contributed by atoms with Crippen molar-refractivity contribution in [3.8, 4) is 5.75 Å². The number of carbonyl (C=O) groups excluding carboxylic acids is 2. The largest absolute Gasteiger partial charge is 0.487 e. The van der Waals surface area contributed by atoms with Gasteiger partial charge in [0.25, 0.3) is 0 Å². The molecule has 4 rings (SSSR count). The number of hydrogen-bond donors (Lipinski definition) is 1. The zero-order valence-corrected chi connectivity index (χ0v) is 19.4. The van der Waals surface area contributed by atoms with Crippen molar-refractivity contribution in [2.45, 2.75) is 39.2 Å². The van der Waals surface area contributed by atoms with E-state index in [0.717, 1.165) is 41.8 Å². The van der Waals surface area contributed by atoms with Gasteiger partial charge in [-0.1, -0.05) is 29.8 Å². The number of nitrogens with zero attached hydrogens (tertiary/aromatic N) is 2. The summed E-state index contributed by atoms with van der Waals surface area (Å²) in [6.07, 6.45) is 2.29. The molecule has 170 valence electrons. The van der Waals surface area contributed by atoms with Gasteiger partial charge in [0.15, 0.2) is 0 Å². The number of ether oxygens (including phenoxy) is 1. The van der Waals surface area contributed by atoms with Gasteiger partial charge >= 0.3 is 6.03 Å². The third-order valence-corrected chi connectivity index (χ3v) is 6.34. The van der Waals surface area contributed by atoms with Crippen LogP contribution in [0.5, 0.6) is 5.75 Å². The minimum Gasteiger partial charge on any atom is -0.487 e. The number of hydrogen-bond acceptors (Lipinski definition) is 3. The van der Waals surface area contributed by atoms with Gasteiger partial charge in [-0.25, -0.2) is 4.79 Å². The second-order valence-electron chi connectivity index (χ2n) is 8.75. The van der Waals surface area contributed by atoms with Crippen LogP contribution in [0.4, 0.5) is 10.5 Å². The number of anilines is 1. The van der Waals surface area contributed by atoms with Crippen LogP contribution in [0.15, 0.2) is 42.5 Å². The van der Waals surface area contributed by atoms with E-state index >= 15 is 0 Å². The Morgan fingerprint density at radius 1 is 1.16 bits per heavy atom. The number of piperidine rings is 1. The Labute approximate surface area is 194 Å². The molecule has 2 aliphatic rings. The maximum atomic E-state index is 13.4. The second-order valence-corrected chi connectivity index (χ2v) is 9.18. The molecule has 1 N–H and O–H groups in total. The number of rotatable bonds is 4. The summed E-state index contributed by atoms with van der Waals surface area (Å²) >= 11 is 5.92. The fraction of sp³-hybridized carbons (Fsp3) is 0.440. The fourth-order valence-electron chi connectivity index (χ4n) is 4.39. The molecule has 0 bridgehead atoms. The average Bonchev–Trinajstić information content (AvgIpc) is 2.79. The van der Waals surface area contributed by atoms with Crippen molar-refractivity contribution in [1.29, 1.82) is 0 Å². The van der Waals surface area contributed by atoms with Gasteiger partial charge in [0.1, 0.15) is 11.9 Å². The first-order valence-corrected chi connectivity index (χ1v) is 11.6. The van der Waals surface area contributed by atoms with Crippen molar-refractivity contribution >= 4 is 29.2 Å². The molecule has 7 heteroatoms. The predicted octanol–water partition coefficient (Wildman–Crippen LogP) is 4.43. The molecule has 0 spiro atoms. The molecule has 1 fully saturated rings. The van der Waals surface area contributed by atoms with Gasteiger partial charge in [0.2, 0.25) is 5.91 Å². The van der Waals surface area contributed by atoms with Gasteiger partial charge < -0.3 is 15.0 Å². The van der Waals surface area contributed by atoms with Crippen LogP contribution in [0, 0.1) is 12.8 Å². The quantitative estimate of drug-likeness (QED) is 0.742. The smallest absolute Gasteiger partial charge is 0.324 e. The van der Waals surface area contributed by atoms with Crippen LogP contribution >= 0.6 is 11.6 Å². The summed E-state index contributed by atoms with van der Waals surface area (Å²) in [5.41, 5.74) is 3.02. The zero-order valence-electron chi connectivity index (χ0n) is 18.6. The van der Waals surface area contributed by atoms with E-state index < -0.39 is 0 Å². The molecule has 2 heterocycles. The molecule has 2 aromatic rings. The van der Waals surface area contributed by atoms with E-state index in [-0.39, 0.29) is 24.0 Å². The molecule has 0 unspecified atom stereocenters. The molecule has 32 heavy (non-hydrogen) atoms. The summed E-state index contributed by atoms with van der Waals surface area (Å²) in [7, 11) is 0. The highest BCUT2D eigenvalue weighted by atomic mass is 35.5. The Bertz CT molecular complexity index is 979. The minimum absolute atomic E-state index is 0.0167. The van der Waals surface area contributed by atoms with E-state index in [1.807, 2.05) is 61.2 Å². The first kappa shape index (κ1) is 22.5. The molecule has 0 saturated carbocycles. The maximum absolute atomic E-state index is 13.4. The molecular weight excluding hydrogens is 426 g/mol. The predicted molar refractivity (Wildman–Crippen MR) is 126 cm³/mol. The highest BCUT2D eigenvalue weighted by Crippen LogP contribution is 2.35. The number of amides is 3. The number of aryl methyl sites for hydroxylation is 1. The van der Waals surface area contributed by atoms with Gasteiger partial charge in [0, 0.05) is 24.7 Å². The Morgan fingerprint density at radius 2 is 1.94 bits per heavy atom. The molecule has 0 aromatic heterocycles. The van der Waals surface area contributed by atoms with Gasteiger partial charge in [-0.3, -0.25) is 9.69 Å². The Morgan fingerprint density at radius 3 is 2.72 bits per heavy atom. The molecule has 2 aliphatic heterocycles. The van der Waals surface area contributed by atoms with Crippen molar-refractivity contribution in [2.75, 3.05) is 31.1 Å². The van der Waals surface area contributed by atoms with Crippen LogP contribution in [0.2, 0.25) is 5.02 Å². The lowest BCUT2D eigenvalue weighted by molar-refractivity contribution is -0.126. The molecule has 0 aliphatic carbocycles. The third-order valence-electron chi connectivity index (χ3n) is 6.09. The summed E-state index contributed by atoms with van der Waals surface area (Å²) in [5, 5.41) is 3.75. The number of fused-ring (bicyclic) bond motifs is 1. The Kier molecular flexibility index (Phi) is 6.89. The van der Waals surface area contributed by atoms with Crippen LogP contribution in [0.3, 0.4) is 0 Å². The number of halogens is 1. The summed E-state index contributed by atoms with van der Waals surface area (Å²) in [6, 6.07) is 13.5. The third kappa shape index (κ3) is 5.18. The molecular formula is C25H30ClN3O3. The lowest BCUT2D eigenvalue weighted by atomic mass is 9.97. The fourth-order valence-corrected chi connectivity index (χ4v) is 4.52. The number of nitrogens with one attached hydrogen (secondary N) is 1. The molecule has 2 aromatic carbocycles. The zero-order chi connectivity index (χ0) is 22.7. The van der Waals surface area contributed by atoms with Crippen molar-refractivity contribution in [2.24, 2.45) is 5.92 Å². The molecule has 3 amide bonds. The standard InChI is InChI=1S/C25H30ClN3O3/c1-17-5-10-23-22(14-17)29(15-18(2)32-23)25(31)28-13-3-4-20(16-28)24(30)27-12-11-19-6-8-21(26)9-7-19/h5-10,14,18,20H,3-4,11-13,15-16H2,1-2H3,(H,27,30)/t18-,20-/m0/s1. The summed E-state index contributed by atoms with van der Waals surface area (Å²) in [6.45, 7) is 6.16. The molecule has 2 atom stereocenters. The summed E-state index contributed by atoms with van der Waals surface area (Å²) in [5.74, 6) is 0.563. The van der Waals surface area contributed by atoms with E-state index in [1.54, 1.807) is 4.90 Å². The topological polar surface area (TPSA) is 61.9 Å². The van der Waals surface area contributed by atoms with Gasteiger partial charge in [0.05, 0.1) is 18.2 Å². The SMILES string of the molecule is Cc1ccc2c(c1)N(C(=O)N1CCC[C@H](C(=O)NCCc3ccc(Cl)cc3)C1)C[C@H](C)O2. The number of carbonyl (C=O) groups is 2. The van der Waals surface area contributed by atoms with E-state index in [1.165, 1.54) is 0 Å². The molecule has 1 saturated heterocycles. The lowest BCUT2D eigenvalue weighted by Crippen LogP contribution is -2.53. The van der Waals surface area contributed by atoms with Gasteiger partial charge in [-0.2, -0.15) is 0 Å². The monoisotopic (exact) mass is 455 g/mol. The summed E-state index contributed by atoms with van der Waals surface area (Å²) in [4.78, 5) is 29.8. The van der Waals surface area contributed by atoms with Crippen LogP contribution in [-0.4, -0.2) is 49.1 Å². The maximum Gasteiger partial charge on any atom is 0.324 e. The summed E-state index contributed by atoms with van der Waals surface area (Å²) < 4.78 is 5.92. The van der Waals surface area contributed by atoms with Crippen molar-refractivity contribution in [3.63, 3.8) is 0 Å². The highest BCUT2D eigenvalue weighted by molar-refractivity contribution is 6.30. The first-order chi connectivity index (χ1) is 15.4. The highest BCUT2D eigenvalue weighted by Gasteiger charge is 2.34. The Balaban J connectivity index is 1.36. The van der Waals surface area contributed by atoms with Crippen LogP contribution < -0.4 is 15.0 Å². The number of likely N-dealkylation sites (tertiary alicyclic amines) is 1. The van der Waals surface area contributed by atoms with Gasteiger partial charge in [-0.15, -0.1) is 0 Å². The Hall–Kier alpha value is -2.73. The van der Waals surface area contributed by atoms with Crippen molar-refractivity contribution in [3.05, 3.63) is 58.6 Å². The van der Waals surface area contributed by atoms with Crippen molar-refractivity contribution in [1.82, 2.24) is 10.2 Å². The van der Waals surface area contributed by atoms with E-state index in [2.05, 4.69) is 5.32 Å². The van der Waals surface area contributed by atoms with Gasteiger partial charge in [-0.05, 0) is 68.5 Å². The second kappa shape index (κ2) is 9.82. The average molecular weight is 456 g/mol. The van der Waals surface area contributed by atoms with Crippen LogP contribution in [0.1, 0.15) is 30.9 Å². The van der Waals surface area contributed by atoms with Crippen LogP contribution in [-0.2, 0) is 11.2 Å². The van der Waals surface area contributed by atoms with E-state index in [0.29, 0.717) is 31.2 Å². The normalized spacial score (nSPS) is 20.3. The number of urea groups is 1. The molecule has 0 radical (unpaired) electrons. The minimum atomic E-state index is -0.187. The van der Waals surface area contributed by atoms with E-state index in [9.17, 15) is 9.59 Å². The van der Waals surface area contributed by atoms with Crippen molar-refractivity contribution < 1.29 is 14.3 Å². The lowest BCUT2D eigenvalue weighted by Gasteiger charge is -2.39. The number of benzene rings is 2. The molecule has 6 nitrogen and oxygen atoms in total.